The van der Waals surface area contributed by atoms with Crippen molar-refractivity contribution in [3.63, 3.8) is 0 Å². The van der Waals surface area contributed by atoms with Crippen LogP contribution in [0.1, 0.15) is 256 Å². The van der Waals surface area contributed by atoms with Gasteiger partial charge in [-0.05, 0) is 128 Å². The number of hydrogen-bond acceptors (Lipinski definition) is 9. The molecule has 5 nitrogen and oxygen atoms in total. The first kappa shape index (κ1) is 63.5. The van der Waals surface area contributed by atoms with Gasteiger partial charge in [0.15, 0.2) is 5.16 Å². The lowest BCUT2D eigenvalue weighted by atomic mass is 10.0. The van der Waals surface area contributed by atoms with E-state index in [1.54, 1.807) is 0 Å². The zero-order valence-corrected chi connectivity index (χ0v) is 53.4. The molecule has 0 spiro atoms. The molecule has 5 aromatic rings. The summed E-state index contributed by atoms with van der Waals surface area (Å²) in [5.74, 6) is 4.70. The van der Waals surface area contributed by atoms with E-state index in [1.807, 2.05) is 35.3 Å². The summed E-state index contributed by atoms with van der Waals surface area (Å²) in [6.45, 7) is 11.6. The van der Waals surface area contributed by atoms with Gasteiger partial charge in [0.2, 0.25) is 11.9 Å². The number of unbranched alkanes of at least 4 members (excludes halogenated alkanes) is 26. The Morgan fingerprint density at radius 3 is 1.20 bits per heavy atom. The lowest BCUT2D eigenvalue weighted by molar-refractivity contribution is 0.588. The molecule has 432 valence electrons. The van der Waals surface area contributed by atoms with E-state index in [2.05, 4.69) is 129 Å². The highest BCUT2D eigenvalue weighted by Gasteiger charge is 2.33. The molecule has 0 saturated heterocycles. The monoisotopic (exact) mass is 1140 g/mol. The highest BCUT2D eigenvalue weighted by Crippen LogP contribution is 2.55. The SMILES string of the molecule is CCCCCCCCCc1cccc2c1Sc1cc(CCCCCCCC)ccc1N2c1nc(SCCSCCCCCCCC)nc(N2c3ccc(CCCCCCCC)cc3Sc3cc(CCCCCCCC)ccc32)n1. The van der Waals surface area contributed by atoms with Crippen molar-refractivity contribution in [3.05, 3.63) is 95.1 Å². The summed E-state index contributed by atoms with van der Waals surface area (Å²) in [4.78, 5) is 26.9. The average Bonchev–Trinajstić information content (AvgIpc) is 3.52. The predicted octanol–water partition coefficient (Wildman–Crippen LogP) is 23.9. The van der Waals surface area contributed by atoms with Crippen molar-refractivity contribution in [2.24, 2.45) is 0 Å². The maximum atomic E-state index is 5.73. The van der Waals surface area contributed by atoms with E-state index in [9.17, 15) is 0 Å². The van der Waals surface area contributed by atoms with Crippen molar-refractivity contribution in [2.75, 3.05) is 27.1 Å². The van der Waals surface area contributed by atoms with E-state index in [0.717, 1.165) is 42.3 Å². The molecule has 4 aromatic carbocycles. The quantitative estimate of drug-likeness (QED) is 0.0275. The minimum atomic E-state index is 0.711. The van der Waals surface area contributed by atoms with Gasteiger partial charge in [-0.15, -0.1) is 0 Å². The zero-order valence-electron chi connectivity index (χ0n) is 50.2. The van der Waals surface area contributed by atoms with E-state index < -0.39 is 0 Å². The number of hydrogen-bond donors (Lipinski definition) is 0. The van der Waals surface area contributed by atoms with Gasteiger partial charge >= 0.3 is 0 Å². The van der Waals surface area contributed by atoms with Gasteiger partial charge in [0.25, 0.3) is 0 Å². The molecular weight excluding hydrogens is 1040 g/mol. The van der Waals surface area contributed by atoms with Crippen LogP contribution in [0, 0.1) is 0 Å². The predicted molar refractivity (Wildman–Crippen MR) is 352 cm³/mol. The smallest absolute Gasteiger partial charge is 0.240 e. The van der Waals surface area contributed by atoms with Gasteiger partial charge in [0, 0.05) is 31.1 Å². The Bertz CT molecular complexity index is 2440. The van der Waals surface area contributed by atoms with Crippen LogP contribution in [0.5, 0.6) is 0 Å². The van der Waals surface area contributed by atoms with Gasteiger partial charge in [-0.1, -0.05) is 267 Å². The Balaban J connectivity index is 1.27. The van der Waals surface area contributed by atoms with E-state index in [0.29, 0.717) is 11.9 Å². The minimum Gasteiger partial charge on any atom is -0.277 e. The maximum absolute atomic E-state index is 5.73. The Kier molecular flexibility index (Phi) is 29.9. The first-order valence-corrected chi connectivity index (χ1v) is 36.3. The number of fused-ring (bicyclic) bond motifs is 4. The highest BCUT2D eigenvalue weighted by molar-refractivity contribution is 8.02. The third kappa shape index (κ3) is 20.6. The molecule has 0 N–H and O–H groups in total. The molecule has 0 aliphatic carbocycles. The molecule has 0 bridgehead atoms. The third-order valence-corrected chi connectivity index (χ3v) is 20.6. The number of rotatable bonds is 42. The molecule has 1 aromatic heterocycles. The largest absolute Gasteiger partial charge is 0.277 e. The van der Waals surface area contributed by atoms with Crippen LogP contribution in [-0.4, -0.2) is 32.2 Å². The van der Waals surface area contributed by atoms with Crippen LogP contribution in [-0.2, 0) is 25.7 Å². The molecule has 0 saturated carbocycles. The minimum absolute atomic E-state index is 0.711. The molecule has 0 unspecified atom stereocenters. The first-order chi connectivity index (χ1) is 39.0. The first-order valence-electron chi connectivity index (χ1n) is 32.5. The van der Waals surface area contributed by atoms with Crippen molar-refractivity contribution < 1.29 is 0 Å². The second kappa shape index (κ2) is 37.2. The maximum Gasteiger partial charge on any atom is 0.240 e. The number of aromatic nitrogens is 3. The molecule has 7 rings (SSSR count). The Labute approximate surface area is 499 Å². The molecule has 0 atom stereocenters. The van der Waals surface area contributed by atoms with Gasteiger partial charge in [0.1, 0.15) is 0 Å². The number of anilines is 6. The Hall–Kier alpha value is -3.11. The van der Waals surface area contributed by atoms with Crippen molar-refractivity contribution >= 4 is 81.7 Å². The van der Waals surface area contributed by atoms with Gasteiger partial charge < -0.3 is 0 Å². The lowest BCUT2D eigenvalue weighted by Crippen LogP contribution is -2.23. The summed E-state index contributed by atoms with van der Waals surface area (Å²) in [5, 5.41) is 0.807. The van der Waals surface area contributed by atoms with Gasteiger partial charge in [-0.25, -0.2) is 0 Å². The Morgan fingerprint density at radius 2 is 0.747 bits per heavy atom. The van der Waals surface area contributed by atoms with E-state index in [1.165, 1.54) is 269 Å². The molecule has 0 radical (unpaired) electrons. The van der Waals surface area contributed by atoms with Crippen LogP contribution < -0.4 is 9.80 Å². The summed E-state index contributed by atoms with van der Waals surface area (Å²) in [5.41, 5.74) is 10.5. The van der Waals surface area contributed by atoms with E-state index in [4.69, 9.17) is 15.0 Å². The van der Waals surface area contributed by atoms with Crippen LogP contribution in [0.25, 0.3) is 0 Å². The van der Waals surface area contributed by atoms with Crippen LogP contribution in [0.15, 0.2) is 97.5 Å². The summed E-state index contributed by atoms with van der Waals surface area (Å²) < 4.78 is 0. The summed E-state index contributed by atoms with van der Waals surface area (Å²) in [6.07, 6.45) is 45.3. The second-order valence-corrected chi connectivity index (χ2v) is 27.3. The van der Waals surface area contributed by atoms with Crippen molar-refractivity contribution in [1.82, 2.24) is 15.0 Å². The molecule has 79 heavy (non-hydrogen) atoms. The number of aryl methyl sites for hydroxylation is 4. The number of thioether (sulfide) groups is 2. The fourth-order valence-electron chi connectivity index (χ4n) is 11.4. The van der Waals surface area contributed by atoms with Crippen LogP contribution in [0.4, 0.5) is 34.6 Å². The fourth-order valence-corrected chi connectivity index (χ4v) is 15.7. The normalized spacial score (nSPS) is 12.7. The van der Waals surface area contributed by atoms with Gasteiger partial charge in [0.05, 0.1) is 22.7 Å². The average molecular weight is 1140 g/mol. The van der Waals surface area contributed by atoms with Crippen LogP contribution >= 0.6 is 47.0 Å². The van der Waals surface area contributed by atoms with Crippen molar-refractivity contribution in [2.45, 2.75) is 284 Å². The van der Waals surface area contributed by atoms with Crippen molar-refractivity contribution in [1.29, 1.82) is 0 Å². The summed E-state index contributed by atoms with van der Waals surface area (Å²) in [7, 11) is 0. The van der Waals surface area contributed by atoms with Crippen molar-refractivity contribution in [3.8, 4) is 0 Å². The molecule has 0 amide bonds. The number of benzene rings is 4. The topological polar surface area (TPSA) is 45.2 Å². The van der Waals surface area contributed by atoms with E-state index in [-0.39, 0.29) is 0 Å². The Morgan fingerprint density at radius 1 is 0.354 bits per heavy atom. The second-order valence-electron chi connectivity index (χ2n) is 22.9. The molecule has 0 fully saturated rings. The highest BCUT2D eigenvalue weighted by atomic mass is 32.2. The zero-order chi connectivity index (χ0) is 55.1. The fraction of sp³-hybridized carbons (Fsp3) is 0.614. The lowest BCUT2D eigenvalue weighted by Gasteiger charge is -2.34. The standard InChI is InChI=1S/C70H103N5S4/c1-6-11-16-21-26-30-35-41-59-42-37-43-63-67(59)79-66-55-58(40-34-29-24-19-14-9-4)46-49-62(66)75(63)69-71-68(72-70(73-69)77-52-51-76-50-36-31-25-20-15-10-5)74-60-47-44-56(38-32-27-22-17-12-7-2)53-64(60)78-65-54-57(45-48-61(65)74)39-33-28-23-18-13-8-3/h37,42-49,53-55H,6-36,38-41,50-52H2,1-5H3. The molecule has 3 heterocycles. The molecule has 9 heteroatoms. The van der Waals surface area contributed by atoms with Gasteiger partial charge in [-0.3, -0.25) is 9.80 Å². The molecule has 2 aliphatic heterocycles. The van der Waals surface area contributed by atoms with Crippen LogP contribution in [0.3, 0.4) is 0 Å². The molecule has 2 aliphatic rings. The van der Waals surface area contributed by atoms with Crippen LogP contribution in [0.2, 0.25) is 0 Å². The third-order valence-electron chi connectivity index (χ3n) is 16.1. The molecular formula is C70H103N5S4. The van der Waals surface area contributed by atoms with Gasteiger partial charge in [-0.2, -0.15) is 26.7 Å². The summed E-state index contributed by atoms with van der Waals surface area (Å²) in [6, 6.07) is 28.8. The van der Waals surface area contributed by atoms with E-state index >= 15 is 0 Å². The summed E-state index contributed by atoms with van der Waals surface area (Å²) >= 11 is 7.83. The number of nitrogens with zero attached hydrogens (tertiary/aromatic N) is 5.